The monoisotopic (exact) mass is 162 g/mol. The zero-order chi connectivity index (χ0) is 8.97. The first-order valence-corrected chi connectivity index (χ1v) is 3.05. The fraction of sp³-hybridized carbons (Fsp3) is 0. The van der Waals surface area contributed by atoms with E-state index in [-0.39, 0.29) is 11.3 Å². The van der Waals surface area contributed by atoms with Gasteiger partial charge in [0.25, 0.3) is 0 Å². The Morgan fingerprint density at radius 2 is 2.25 bits per heavy atom. The molecule has 1 aromatic rings. The van der Waals surface area contributed by atoms with Gasteiger partial charge in [-0.1, -0.05) is 0 Å². The van der Waals surface area contributed by atoms with Crippen LogP contribution in [-0.4, -0.2) is 6.08 Å². The molecule has 0 saturated carbocycles. The largest absolute Gasteiger partial charge is 0.240 e. The van der Waals surface area contributed by atoms with Gasteiger partial charge in [-0.25, -0.2) is 9.18 Å². The molecule has 0 saturated heterocycles. The minimum absolute atomic E-state index is 0.163. The quantitative estimate of drug-likeness (QED) is 0.465. The summed E-state index contributed by atoms with van der Waals surface area (Å²) in [6.45, 7) is 0. The fourth-order valence-electron chi connectivity index (χ4n) is 0.717. The van der Waals surface area contributed by atoms with Gasteiger partial charge in [-0.2, -0.15) is 10.3 Å². The van der Waals surface area contributed by atoms with Gasteiger partial charge in [-0.3, -0.25) is 0 Å². The van der Waals surface area contributed by atoms with E-state index in [0.29, 0.717) is 0 Å². The molecular formula is C8H3FN2O. The Balaban J connectivity index is 3.28. The standard InChI is InChI=1S/C8H3FN2O/c9-7-2-1-6(4-10)3-8(7)11-5-12/h1-3H. The molecule has 0 heterocycles. The molecule has 0 radical (unpaired) electrons. The minimum Gasteiger partial charge on any atom is -0.211 e. The second-order valence-electron chi connectivity index (χ2n) is 1.98. The van der Waals surface area contributed by atoms with Crippen LogP contribution >= 0.6 is 0 Å². The molecule has 0 fully saturated rings. The summed E-state index contributed by atoms with van der Waals surface area (Å²) in [5.41, 5.74) is 0.0921. The van der Waals surface area contributed by atoms with Gasteiger partial charge in [0.15, 0.2) is 0 Å². The second-order valence-corrected chi connectivity index (χ2v) is 1.98. The van der Waals surface area contributed by atoms with Crippen molar-refractivity contribution in [2.75, 3.05) is 0 Å². The first-order valence-electron chi connectivity index (χ1n) is 3.05. The van der Waals surface area contributed by atoms with Crippen LogP contribution in [0, 0.1) is 17.1 Å². The van der Waals surface area contributed by atoms with Crippen LogP contribution in [0.2, 0.25) is 0 Å². The minimum atomic E-state index is -0.641. The van der Waals surface area contributed by atoms with Gasteiger partial charge in [0.2, 0.25) is 6.08 Å². The molecule has 1 rings (SSSR count). The Morgan fingerprint density at radius 1 is 1.50 bits per heavy atom. The molecular weight excluding hydrogens is 159 g/mol. The van der Waals surface area contributed by atoms with E-state index in [1.807, 2.05) is 0 Å². The van der Waals surface area contributed by atoms with Crippen LogP contribution in [0.4, 0.5) is 10.1 Å². The van der Waals surface area contributed by atoms with Crippen molar-refractivity contribution < 1.29 is 9.18 Å². The van der Waals surface area contributed by atoms with Crippen molar-refractivity contribution in [2.45, 2.75) is 0 Å². The number of rotatable bonds is 1. The van der Waals surface area contributed by atoms with Crippen LogP contribution < -0.4 is 0 Å². The molecule has 0 spiro atoms. The number of isocyanates is 1. The van der Waals surface area contributed by atoms with Crippen LogP contribution in [0.3, 0.4) is 0 Å². The Labute approximate surface area is 67.8 Å². The van der Waals surface area contributed by atoms with E-state index < -0.39 is 5.82 Å². The lowest BCUT2D eigenvalue weighted by atomic mass is 10.2. The summed E-state index contributed by atoms with van der Waals surface area (Å²) < 4.78 is 12.7. The van der Waals surface area contributed by atoms with Crippen molar-refractivity contribution in [1.82, 2.24) is 0 Å². The van der Waals surface area contributed by atoms with E-state index in [4.69, 9.17) is 5.26 Å². The second kappa shape index (κ2) is 3.42. The normalized spacial score (nSPS) is 8.33. The predicted molar refractivity (Wildman–Crippen MR) is 38.9 cm³/mol. The summed E-state index contributed by atoms with van der Waals surface area (Å²) in [5.74, 6) is -0.641. The molecule has 0 aliphatic carbocycles. The zero-order valence-corrected chi connectivity index (χ0v) is 5.91. The summed E-state index contributed by atoms with van der Waals surface area (Å²) in [4.78, 5) is 12.9. The van der Waals surface area contributed by atoms with Gasteiger partial charge in [0.1, 0.15) is 11.5 Å². The van der Waals surface area contributed by atoms with E-state index in [0.717, 1.165) is 6.07 Å². The molecule has 0 amide bonds. The molecule has 0 unspecified atom stereocenters. The number of hydrogen-bond donors (Lipinski definition) is 0. The molecule has 3 nitrogen and oxygen atoms in total. The molecule has 4 heteroatoms. The third-order valence-electron chi connectivity index (χ3n) is 1.24. The topological polar surface area (TPSA) is 53.2 Å². The molecule has 0 aromatic heterocycles. The van der Waals surface area contributed by atoms with Gasteiger partial charge in [-0.15, -0.1) is 0 Å². The van der Waals surface area contributed by atoms with Crippen LogP contribution in [0.25, 0.3) is 0 Å². The Kier molecular flexibility index (Phi) is 2.32. The number of nitrogens with zero attached hydrogens (tertiary/aromatic N) is 2. The maximum atomic E-state index is 12.7. The fourth-order valence-corrected chi connectivity index (χ4v) is 0.717. The first kappa shape index (κ1) is 8.12. The van der Waals surface area contributed by atoms with Crippen molar-refractivity contribution in [3.05, 3.63) is 29.6 Å². The molecule has 1 aromatic carbocycles. The lowest BCUT2D eigenvalue weighted by Crippen LogP contribution is -1.78. The van der Waals surface area contributed by atoms with Crippen molar-refractivity contribution >= 4 is 11.8 Å². The molecule has 12 heavy (non-hydrogen) atoms. The summed E-state index contributed by atoms with van der Waals surface area (Å²) in [6.07, 6.45) is 1.20. The summed E-state index contributed by atoms with van der Waals surface area (Å²) in [5, 5.41) is 8.41. The van der Waals surface area contributed by atoms with Gasteiger partial charge >= 0.3 is 0 Å². The molecule has 0 N–H and O–H groups in total. The third kappa shape index (κ3) is 1.54. The van der Waals surface area contributed by atoms with E-state index in [1.54, 1.807) is 6.07 Å². The van der Waals surface area contributed by atoms with E-state index in [1.165, 1.54) is 18.2 Å². The highest BCUT2D eigenvalue weighted by atomic mass is 19.1. The average molecular weight is 162 g/mol. The van der Waals surface area contributed by atoms with Crippen molar-refractivity contribution in [3.8, 4) is 6.07 Å². The number of carbonyl (C=O) groups excluding carboxylic acids is 1. The lowest BCUT2D eigenvalue weighted by Gasteiger charge is -1.92. The van der Waals surface area contributed by atoms with E-state index in [2.05, 4.69) is 4.99 Å². The third-order valence-corrected chi connectivity index (χ3v) is 1.24. The SMILES string of the molecule is N#Cc1ccc(F)c(N=C=O)c1. The van der Waals surface area contributed by atoms with Crippen molar-refractivity contribution in [2.24, 2.45) is 4.99 Å². The number of benzene rings is 1. The lowest BCUT2D eigenvalue weighted by molar-refractivity contribution is 0.564. The maximum absolute atomic E-state index is 12.7. The number of hydrogen-bond acceptors (Lipinski definition) is 3. The Morgan fingerprint density at radius 3 is 2.83 bits per heavy atom. The molecule has 0 atom stereocenters. The van der Waals surface area contributed by atoms with Gasteiger partial charge < -0.3 is 0 Å². The first-order chi connectivity index (χ1) is 5.77. The summed E-state index contributed by atoms with van der Waals surface area (Å²) >= 11 is 0. The van der Waals surface area contributed by atoms with Gasteiger partial charge in [0, 0.05) is 0 Å². The van der Waals surface area contributed by atoms with Crippen molar-refractivity contribution in [3.63, 3.8) is 0 Å². The van der Waals surface area contributed by atoms with Gasteiger partial charge in [-0.05, 0) is 18.2 Å². The number of aliphatic imine (C=N–C) groups is 1. The van der Waals surface area contributed by atoms with E-state index >= 15 is 0 Å². The Bertz CT molecular complexity index is 389. The predicted octanol–water partition coefficient (Wildman–Crippen LogP) is 1.66. The van der Waals surface area contributed by atoms with Crippen molar-refractivity contribution in [1.29, 1.82) is 5.26 Å². The Hall–Kier alpha value is -1.98. The molecule has 0 bridgehead atoms. The summed E-state index contributed by atoms with van der Waals surface area (Å²) in [7, 11) is 0. The molecule has 0 aliphatic heterocycles. The van der Waals surface area contributed by atoms with Crippen LogP contribution in [-0.2, 0) is 4.79 Å². The highest BCUT2D eigenvalue weighted by molar-refractivity contribution is 5.52. The number of halogens is 1. The molecule has 0 aliphatic rings. The van der Waals surface area contributed by atoms with Crippen LogP contribution in [0.1, 0.15) is 5.56 Å². The molecule has 58 valence electrons. The highest BCUT2D eigenvalue weighted by Crippen LogP contribution is 2.17. The van der Waals surface area contributed by atoms with Crippen LogP contribution in [0.15, 0.2) is 23.2 Å². The maximum Gasteiger partial charge on any atom is 0.240 e. The average Bonchev–Trinajstić information content (AvgIpc) is 2.09. The highest BCUT2D eigenvalue weighted by Gasteiger charge is 2.00. The smallest absolute Gasteiger partial charge is 0.211 e. The van der Waals surface area contributed by atoms with Crippen LogP contribution in [0.5, 0.6) is 0 Å². The van der Waals surface area contributed by atoms with Gasteiger partial charge in [0.05, 0.1) is 11.6 Å². The summed E-state index contributed by atoms with van der Waals surface area (Å²) in [6, 6.07) is 5.36. The number of nitriles is 1. The zero-order valence-electron chi connectivity index (χ0n) is 5.91. The van der Waals surface area contributed by atoms with E-state index in [9.17, 15) is 9.18 Å².